The fourth-order valence-electron chi connectivity index (χ4n) is 1.77. The summed E-state index contributed by atoms with van der Waals surface area (Å²) in [7, 11) is 0. The van der Waals surface area contributed by atoms with Crippen LogP contribution in [0.15, 0.2) is 0 Å². The van der Waals surface area contributed by atoms with Gasteiger partial charge in [-0.15, -0.1) is 0 Å². The maximum absolute atomic E-state index is 3.56. The molecule has 0 aromatic heterocycles. The number of hydrogen-bond donors (Lipinski definition) is 2. The van der Waals surface area contributed by atoms with Crippen LogP contribution >= 0.6 is 0 Å². The van der Waals surface area contributed by atoms with Crippen molar-refractivity contribution in [3.05, 3.63) is 0 Å². The van der Waals surface area contributed by atoms with Crippen LogP contribution in [0.3, 0.4) is 0 Å². The molecule has 2 N–H and O–H groups in total. The molecule has 2 heteroatoms. The second-order valence-corrected chi connectivity index (χ2v) is 4.91. The second kappa shape index (κ2) is 7.24. The topological polar surface area (TPSA) is 24.1 Å². The molecule has 0 spiro atoms. The molecule has 0 atom stereocenters. The molecule has 2 nitrogen and oxygen atoms in total. The molecule has 14 heavy (non-hydrogen) atoms. The van der Waals surface area contributed by atoms with Crippen molar-refractivity contribution < 1.29 is 0 Å². The van der Waals surface area contributed by atoms with Gasteiger partial charge in [-0.1, -0.05) is 39.5 Å². The first-order valence-corrected chi connectivity index (χ1v) is 6.23. The van der Waals surface area contributed by atoms with Crippen molar-refractivity contribution in [2.24, 2.45) is 5.92 Å². The Labute approximate surface area is 88.8 Å². The summed E-state index contributed by atoms with van der Waals surface area (Å²) in [4.78, 5) is 0. The van der Waals surface area contributed by atoms with Gasteiger partial charge in [0.1, 0.15) is 0 Å². The molecule has 0 aromatic rings. The Morgan fingerprint density at radius 3 is 2.43 bits per heavy atom. The van der Waals surface area contributed by atoms with E-state index in [-0.39, 0.29) is 0 Å². The van der Waals surface area contributed by atoms with E-state index in [0.717, 1.165) is 12.0 Å². The Morgan fingerprint density at radius 1 is 1.14 bits per heavy atom. The van der Waals surface area contributed by atoms with E-state index >= 15 is 0 Å². The third-order valence-corrected chi connectivity index (χ3v) is 2.92. The minimum Gasteiger partial charge on any atom is -0.314 e. The van der Waals surface area contributed by atoms with Gasteiger partial charge in [0, 0.05) is 19.1 Å². The van der Waals surface area contributed by atoms with Crippen molar-refractivity contribution in [3.8, 4) is 0 Å². The monoisotopic (exact) mass is 198 g/mol. The number of unbranched alkanes of at least 4 members (excludes halogenated alkanes) is 3. The predicted octanol–water partition coefficient (Wildman–Crippen LogP) is 2.15. The van der Waals surface area contributed by atoms with Crippen LogP contribution < -0.4 is 10.6 Å². The van der Waals surface area contributed by atoms with Gasteiger partial charge in [0.15, 0.2) is 0 Å². The maximum Gasteiger partial charge on any atom is 0.0317 e. The standard InChI is InChI=1S/C12H26N2/c1-11(2)7-5-3-4-6-8-14-12-9-13-10-12/h11-14H,3-10H2,1-2H3. The van der Waals surface area contributed by atoms with E-state index in [4.69, 9.17) is 0 Å². The molecular formula is C12H26N2. The number of nitrogens with one attached hydrogen (secondary N) is 2. The highest BCUT2D eigenvalue weighted by Crippen LogP contribution is 2.09. The molecule has 1 aliphatic rings. The molecule has 0 bridgehead atoms. The van der Waals surface area contributed by atoms with Crippen LogP contribution in [-0.2, 0) is 0 Å². The van der Waals surface area contributed by atoms with Gasteiger partial charge in [0.2, 0.25) is 0 Å². The molecule has 0 aromatic carbocycles. The minimum absolute atomic E-state index is 0.769. The first-order chi connectivity index (χ1) is 6.79. The van der Waals surface area contributed by atoms with E-state index < -0.39 is 0 Å². The van der Waals surface area contributed by atoms with Gasteiger partial charge in [-0.2, -0.15) is 0 Å². The van der Waals surface area contributed by atoms with Crippen molar-refractivity contribution in [2.75, 3.05) is 19.6 Å². The van der Waals surface area contributed by atoms with Gasteiger partial charge < -0.3 is 10.6 Å². The second-order valence-electron chi connectivity index (χ2n) is 4.91. The molecule has 0 aliphatic carbocycles. The summed E-state index contributed by atoms with van der Waals surface area (Å²) >= 11 is 0. The van der Waals surface area contributed by atoms with Gasteiger partial charge in [0.05, 0.1) is 0 Å². The lowest BCUT2D eigenvalue weighted by molar-refractivity contribution is 0.362. The van der Waals surface area contributed by atoms with Gasteiger partial charge in [-0.3, -0.25) is 0 Å². The first-order valence-electron chi connectivity index (χ1n) is 6.23. The van der Waals surface area contributed by atoms with Crippen LogP contribution in [0.2, 0.25) is 0 Å². The average Bonchev–Trinajstić information content (AvgIpc) is 2.06. The van der Waals surface area contributed by atoms with Gasteiger partial charge >= 0.3 is 0 Å². The lowest BCUT2D eigenvalue weighted by Crippen LogP contribution is -2.55. The van der Waals surface area contributed by atoms with Crippen LogP contribution in [0.1, 0.15) is 46.0 Å². The summed E-state index contributed by atoms with van der Waals surface area (Å²) in [5.41, 5.74) is 0. The first kappa shape index (κ1) is 12.0. The lowest BCUT2D eigenvalue weighted by Gasteiger charge is -2.28. The lowest BCUT2D eigenvalue weighted by atomic mass is 10.0. The zero-order chi connectivity index (χ0) is 10.2. The molecule has 1 fully saturated rings. The largest absolute Gasteiger partial charge is 0.314 e. The molecule has 0 saturated carbocycles. The Bertz CT molecular complexity index is 130. The van der Waals surface area contributed by atoms with E-state index in [1.54, 1.807) is 0 Å². The molecule has 1 saturated heterocycles. The minimum atomic E-state index is 0.769. The van der Waals surface area contributed by atoms with Gasteiger partial charge in [-0.05, 0) is 18.9 Å². The van der Waals surface area contributed by atoms with Gasteiger partial charge in [-0.25, -0.2) is 0 Å². The molecule has 1 rings (SSSR count). The highest BCUT2D eigenvalue weighted by Gasteiger charge is 2.14. The van der Waals surface area contributed by atoms with E-state index in [0.29, 0.717) is 0 Å². The van der Waals surface area contributed by atoms with E-state index in [9.17, 15) is 0 Å². The van der Waals surface area contributed by atoms with Crippen LogP contribution in [0.25, 0.3) is 0 Å². The average molecular weight is 198 g/mol. The normalized spacial score (nSPS) is 17.4. The fourth-order valence-corrected chi connectivity index (χ4v) is 1.77. The smallest absolute Gasteiger partial charge is 0.0317 e. The maximum atomic E-state index is 3.56. The third kappa shape index (κ3) is 5.61. The fraction of sp³-hybridized carbons (Fsp3) is 1.00. The van der Waals surface area contributed by atoms with E-state index in [1.165, 1.54) is 51.7 Å². The number of rotatable bonds is 8. The van der Waals surface area contributed by atoms with Crippen molar-refractivity contribution in [3.63, 3.8) is 0 Å². The Balaban J connectivity index is 1.71. The molecule has 0 unspecified atom stereocenters. The van der Waals surface area contributed by atoms with Crippen molar-refractivity contribution in [2.45, 2.75) is 52.0 Å². The number of hydrogen-bond acceptors (Lipinski definition) is 2. The van der Waals surface area contributed by atoms with Crippen LogP contribution in [0, 0.1) is 5.92 Å². The van der Waals surface area contributed by atoms with Crippen LogP contribution in [0.5, 0.6) is 0 Å². The third-order valence-electron chi connectivity index (χ3n) is 2.92. The summed E-state index contributed by atoms with van der Waals surface area (Å²) in [6.45, 7) is 8.19. The van der Waals surface area contributed by atoms with Crippen molar-refractivity contribution in [1.29, 1.82) is 0 Å². The highest BCUT2D eigenvalue weighted by atomic mass is 15.1. The zero-order valence-electron chi connectivity index (χ0n) is 9.81. The van der Waals surface area contributed by atoms with Crippen LogP contribution in [0.4, 0.5) is 0 Å². The van der Waals surface area contributed by atoms with Crippen molar-refractivity contribution in [1.82, 2.24) is 10.6 Å². The molecular weight excluding hydrogens is 172 g/mol. The summed E-state index contributed by atoms with van der Waals surface area (Å²) in [5, 5.41) is 6.83. The highest BCUT2D eigenvalue weighted by molar-refractivity contribution is 4.80. The van der Waals surface area contributed by atoms with Crippen molar-refractivity contribution >= 4 is 0 Å². The molecule has 1 heterocycles. The summed E-state index contributed by atoms with van der Waals surface area (Å²) in [6.07, 6.45) is 7.00. The predicted molar refractivity (Wildman–Crippen MR) is 62.6 cm³/mol. The summed E-state index contributed by atoms with van der Waals surface area (Å²) < 4.78 is 0. The van der Waals surface area contributed by atoms with E-state index in [1.807, 2.05) is 0 Å². The SMILES string of the molecule is CC(C)CCCCCCNC1CNC1. The summed E-state index contributed by atoms with van der Waals surface area (Å²) in [5.74, 6) is 0.883. The van der Waals surface area contributed by atoms with Crippen LogP contribution in [-0.4, -0.2) is 25.7 Å². The Kier molecular flexibility index (Phi) is 6.20. The molecule has 84 valence electrons. The molecule has 1 aliphatic heterocycles. The Hall–Kier alpha value is -0.0800. The van der Waals surface area contributed by atoms with Gasteiger partial charge in [0.25, 0.3) is 0 Å². The summed E-state index contributed by atoms with van der Waals surface area (Å²) in [6, 6.07) is 0.769. The molecule has 0 amide bonds. The quantitative estimate of drug-likeness (QED) is 0.584. The Morgan fingerprint density at radius 2 is 1.86 bits per heavy atom. The van der Waals surface area contributed by atoms with E-state index in [2.05, 4.69) is 24.5 Å². The zero-order valence-corrected chi connectivity index (χ0v) is 9.81. The molecule has 0 radical (unpaired) electrons.